The fourth-order valence-corrected chi connectivity index (χ4v) is 4.13. The summed E-state index contributed by atoms with van der Waals surface area (Å²) in [5, 5.41) is 3.95. The van der Waals surface area contributed by atoms with Crippen LogP contribution < -0.4 is 16.3 Å². The molecule has 0 unspecified atom stereocenters. The molecule has 0 aliphatic rings. The second-order valence-corrected chi connectivity index (χ2v) is 7.96. The number of hydrogen-bond donors (Lipinski definition) is 2. The summed E-state index contributed by atoms with van der Waals surface area (Å²) in [6, 6.07) is 19.0. The minimum atomic E-state index is -0.185. The van der Waals surface area contributed by atoms with E-state index in [4.69, 9.17) is 23.8 Å². The number of nitrogens with one attached hydrogen (secondary N) is 2. The topological polar surface area (TPSA) is 59.0 Å². The van der Waals surface area contributed by atoms with Gasteiger partial charge >= 0.3 is 0 Å². The van der Waals surface area contributed by atoms with Crippen molar-refractivity contribution in [1.29, 1.82) is 0 Å². The number of benzene rings is 2. The zero-order chi connectivity index (χ0) is 19.7. The first-order valence-corrected chi connectivity index (χ1v) is 10.0. The van der Waals surface area contributed by atoms with Crippen molar-refractivity contribution in [2.45, 2.75) is 6.92 Å². The van der Waals surface area contributed by atoms with Crippen LogP contribution in [0.1, 0.15) is 5.82 Å². The van der Waals surface area contributed by atoms with Crippen LogP contribution in [0.3, 0.4) is 0 Å². The largest absolute Gasteiger partial charge is 0.331 e. The van der Waals surface area contributed by atoms with Crippen molar-refractivity contribution in [3.63, 3.8) is 0 Å². The molecule has 2 aromatic heterocycles. The normalized spacial score (nSPS) is 10.8. The van der Waals surface area contributed by atoms with Crippen molar-refractivity contribution in [2.75, 3.05) is 10.7 Å². The van der Waals surface area contributed by atoms with Crippen molar-refractivity contribution in [1.82, 2.24) is 9.66 Å². The van der Waals surface area contributed by atoms with Gasteiger partial charge in [-0.3, -0.25) is 10.2 Å². The Labute approximate surface area is 175 Å². The van der Waals surface area contributed by atoms with Crippen LogP contribution in [0.15, 0.2) is 65.5 Å². The highest BCUT2D eigenvalue weighted by molar-refractivity contribution is 7.80. The van der Waals surface area contributed by atoms with Gasteiger partial charge in [0.25, 0.3) is 5.56 Å². The molecule has 2 aromatic carbocycles. The van der Waals surface area contributed by atoms with Gasteiger partial charge in [-0.25, -0.2) is 9.66 Å². The molecule has 0 saturated carbocycles. The summed E-state index contributed by atoms with van der Waals surface area (Å²) < 4.78 is 1.94. The molecule has 0 radical (unpaired) electrons. The van der Waals surface area contributed by atoms with Crippen molar-refractivity contribution in [3.05, 3.63) is 81.9 Å². The van der Waals surface area contributed by atoms with Crippen LogP contribution in [0, 0.1) is 6.92 Å². The highest BCUT2D eigenvalue weighted by Gasteiger charge is 2.14. The molecule has 0 saturated heterocycles. The summed E-state index contributed by atoms with van der Waals surface area (Å²) in [5.74, 6) is 0.523. The van der Waals surface area contributed by atoms with E-state index < -0.39 is 0 Å². The average molecular weight is 427 g/mol. The molecule has 0 spiro atoms. The summed E-state index contributed by atoms with van der Waals surface area (Å²) in [5.41, 5.74) is 5.24. The number of aryl methyl sites for hydroxylation is 1. The number of fused-ring (bicyclic) bond motifs is 1. The van der Waals surface area contributed by atoms with Crippen LogP contribution in [-0.2, 0) is 0 Å². The molecular weight excluding hydrogens is 412 g/mol. The molecule has 0 amide bonds. The second kappa shape index (κ2) is 7.71. The molecular formula is C20H15ClN4OS2. The molecule has 0 bridgehead atoms. The molecule has 0 fully saturated rings. The van der Waals surface area contributed by atoms with Gasteiger partial charge in [0, 0.05) is 15.6 Å². The molecule has 4 aromatic rings. The molecule has 2 heterocycles. The van der Waals surface area contributed by atoms with E-state index in [-0.39, 0.29) is 10.7 Å². The summed E-state index contributed by atoms with van der Waals surface area (Å²) in [6.07, 6.45) is 0. The van der Waals surface area contributed by atoms with E-state index in [1.807, 2.05) is 36.4 Å². The third-order valence-corrected chi connectivity index (χ3v) is 5.70. The number of hydrogen-bond acceptors (Lipinski definition) is 4. The molecule has 2 N–H and O–H groups in total. The Hall–Kier alpha value is -2.74. The number of aromatic nitrogens is 2. The molecule has 140 valence electrons. The zero-order valence-corrected chi connectivity index (χ0v) is 17.2. The lowest BCUT2D eigenvalue weighted by Crippen LogP contribution is -2.37. The van der Waals surface area contributed by atoms with Gasteiger partial charge in [-0.1, -0.05) is 41.9 Å². The predicted molar refractivity (Wildman–Crippen MR) is 121 cm³/mol. The Balaban J connectivity index is 1.64. The van der Waals surface area contributed by atoms with Gasteiger partial charge < -0.3 is 5.32 Å². The van der Waals surface area contributed by atoms with Crippen LogP contribution >= 0.6 is 35.2 Å². The summed E-state index contributed by atoms with van der Waals surface area (Å²) >= 11 is 12.6. The maximum Gasteiger partial charge on any atom is 0.290 e. The standard InChI is InChI=1S/C20H15ClN4OS2/c1-12-22-16-11-17(13-5-3-2-4-6-13)28-18(16)19(26)25(12)24-20(27)23-15-9-7-14(21)8-10-15/h2-11H,1H3,(H2,23,24,27). The first kappa shape index (κ1) is 18.6. The molecule has 8 heteroatoms. The lowest BCUT2D eigenvalue weighted by atomic mass is 10.2. The summed E-state index contributed by atoms with van der Waals surface area (Å²) in [4.78, 5) is 18.6. The summed E-state index contributed by atoms with van der Waals surface area (Å²) in [6.45, 7) is 1.76. The third-order valence-electron chi connectivity index (χ3n) is 4.09. The molecule has 0 aliphatic carbocycles. The maximum atomic E-state index is 13.0. The average Bonchev–Trinajstić information content (AvgIpc) is 3.12. The lowest BCUT2D eigenvalue weighted by Gasteiger charge is -2.14. The van der Waals surface area contributed by atoms with Gasteiger partial charge in [0.1, 0.15) is 10.5 Å². The highest BCUT2D eigenvalue weighted by Crippen LogP contribution is 2.30. The predicted octanol–water partition coefficient (Wildman–Crippen LogP) is 5.03. The first-order chi connectivity index (χ1) is 13.5. The fourth-order valence-electron chi connectivity index (χ4n) is 2.76. The van der Waals surface area contributed by atoms with Crippen LogP contribution in [0.2, 0.25) is 5.02 Å². The van der Waals surface area contributed by atoms with Crippen molar-refractivity contribution >= 4 is 56.2 Å². The third kappa shape index (κ3) is 3.77. The minimum absolute atomic E-state index is 0.185. The lowest BCUT2D eigenvalue weighted by molar-refractivity contribution is 0.841. The monoisotopic (exact) mass is 426 g/mol. The Morgan fingerprint density at radius 1 is 1.14 bits per heavy atom. The number of halogens is 1. The fraction of sp³-hybridized carbons (Fsp3) is 0.0500. The van der Waals surface area contributed by atoms with Crippen molar-refractivity contribution in [3.8, 4) is 10.4 Å². The van der Waals surface area contributed by atoms with Crippen LogP contribution in [0.25, 0.3) is 20.7 Å². The number of thiocarbonyl (C=S) groups is 1. The van der Waals surface area contributed by atoms with Crippen molar-refractivity contribution in [2.24, 2.45) is 0 Å². The highest BCUT2D eigenvalue weighted by atomic mass is 35.5. The van der Waals surface area contributed by atoms with Gasteiger partial charge in [-0.15, -0.1) is 11.3 Å². The smallest absolute Gasteiger partial charge is 0.290 e. The van der Waals surface area contributed by atoms with E-state index in [9.17, 15) is 4.79 Å². The van der Waals surface area contributed by atoms with E-state index in [1.165, 1.54) is 16.0 Å². The second-order valence-electron chi connectivity index (χ2n) is 6.06. The van der Waals surface area contributed by atoms with E-state index >= 15 is 0 Å². The zero-order valence-electron chi connectivity index (χ0n) is 14.8. The minimum Gasteiger partial charge on any atom is -0.331 e. The molecule has 0 aliphatic heterocycles. The number of rotatable bonds is 3. The first-order valence-electron chi connectivity index (χ1n) is 8.43. The Morgan fingerprint density at radius 2 is 1.86 bits per heavy atom. The van der Waals surface area contributed by atoms with Crippen LogP contribution in [-0.4, -0.2) is 14.8 Å². The molecule has 4 rings (SSSR count). The van der Waals surface area contributed by atoms with Crippen LogP contribution in [0.4, 0.5) is 5.69 Å². The van der Waals surface area contributed by atoms with E-state index in [1.54, 1.807) is 31.2 Å². The number of anilines is 1. The van der Waals surface area contributed by atoms with Gasteiger partial charge in [-0.2, -0.15) is 0 Å². The molecule has 5 nitrogen and oxygen atoms in total. The molecule has 28 heavy (non-hydrogen) atoms. The van der Waals surface area contributed by atoms with Gasteiger partial charge in [0.15, 0.2) is 5.11 Å². The maximum absolute atomic E-state index is 13.0. The Morgan fingerprint density at radius 3 is 2.57 bits per heavy atom. The van der Waals surface area contributed by atoms with Gasteiger partial charge in [0.05, 0.1) is 5.52 Å². The van der Waals surface area contributed by atoms with E-state index in [0.717, 1.165) is 16.1 Å². The van der Waals surface area contributed by atoms with E-state index in [0.29, 0.717) is 21.1 Å². The Kier molecular flexibility index (Phi) is 5.13. The summed E-state index contributed by atoms with van der Waals surface area (Å²) in [7, 11) is 0. The van der Waals surface area contributed by atoms with E-state index in [2.05, 4.69) is 15.7 Å². The van der Waals surface area contributed by atoms with Crippen molar-refractivity contribution < 1.29 is 0 Å². The van der Waals surface area contributed by atoms with Gasteiger partial charge in [0.2, 0.25) is 0 Å². The Bertz CT molecular complexity index is 1220. The number of nitrogens with zero attached hydrogens (tertiary/aromatic N) is 2. The molecule has 0 atom stereocenters. The SMILES string of the molecule is Cc1nc2cc(-c3ccccc3)sc2c(=O)n1NC(=S)Nc1ccc(Cl)cc1. The van der Waals surface area contributed by atoms with Gasteiger partial charge in [-0.05, 0) is 55.0 Å². The quantitative estimate of drug-likeness (QED) is 0.450. The number of thiophene rings is 1. The van der Waals surface area contributed by atoms with Crippen LogP contribution in [0.5, 0.6) is 0 Å².